The number of hydrogen-bond donors (Lipinski definition) is 1. The Balaban J connectivity index is 1.58. The van der Waals surface area contributed by atoms with Crippen molar-refractivity contribution in [2.45, 2.75) is 51.6 Å². The molecule has 1 N–H and O–H groups in total. The van der Waals surface area contributed by atoms with E-state index >= 15 is 0 Å². The number of aromatic nitrogens is 6. The average molecular weight is 331 g/mol. The second-order valence-corrected chi connectivity index (χ2v) is 7.28. The number of anilines is 1. The van der Waals surface area contributed by atoms with Crippen molar-refractivity contribution in [3.8, 4) is 0 Å². The Bertz CT molecular complexity index is 790. The molecule has 3 heterocycles. The maximum absolute atomic E-state index is 4.66. The fourth-order valence-electron chi connectivity index (χ4n) is 3.42. The summed E-state index contributed by atoms with van der Waals surface area (Å²) < 4.78 is 5.21. The van der Waals surface area contributed by atoms with E-state index in [1.165, 1.54) is 25.7 Å². The van der Waals surface area contributed by atoms with Crippen molar-refractivity contribution in [3.05, 3.63) is 17.8 Å². The standard InChI is InChI=1S/C15H21N7S/c1-9-12-14(21(3)20-9)18-15(23-12)17-10(2)13-19-16-8-22(13)11-6-4-5-7-11/h8,10-11H,4-7H2,1-3H3,(H,17,18). The Hall–Kier alpha value is -1.96. The maximum atomic E-state index is 4.66. The van der Waals surface area contributed by atoms with Crippen LogP contribution in [-0.4, -0.2) is 29.5 Å². The smallest absolute Gasteiger partial charge is 0.186 e. The van der Waals surface area contributed by atoms with Crippen LogP contribution in [0.5, 0.6) is 0 Å². The van der Waals surface area contributed by atoms with E-state index in [1.807, 2.05) is 25.0 Å². The van der Waals surface area contributed by atoms with Crippen LogP contribution in [0.15, 0.2) is 6.33 Å². The van der Waals surface area contributed by atoms with E-state index in [0.717, 1.165) is 27.0 Å². The topological polar surface area (TPSA) is 73.5 Å². The first-order valence-electron chi connectivity index (χ1n) is 8.09. The van der Waals surface area contributed by atoms with Gasteiger partial charge in [0.25, 0.3) is 0 Å². The molecule has 1 aliphatic rings. The van der Waals surface area contributed by atoms with Gasteiger partial charge in [-0.15, -0.1) is 10.2 Å². The van der Waals surface area contributed by atoms with Crippen molar-refractivity contribution >= 4 is 26.8 Å². The summed E-state index contributed by atoms with van der Waals surface area (Å²) in [7, 11) is 1.93. The molecule has 8 heteroatoms. The predicted octanol–water partition coefficient (Wildman–Crippen LogP) is 3.22. The molecule has 0 saturated heterocycles. The Morgan fingerprint density at radius 1 is 1.35 bits per heavy atom. The minimum Gasteiger partial charge on any atom is -0.352 e. The van der Waals surface area contributed by atoms with Gasteiger partial charge in [0.1, 0.15) is 6.33 Å². The van der Waals surface area contributed by atoms with Gasteiger partial charge in [-0.1, -0.05) is 24.2 Å². The third kappa shape index (κ3) is 2.50. The molecule has 7 nitrogen and oxygen atoms in total. The summed E-state index contributed by atoms with van der Waals surface area (Å²) in [5.74, 6) is 0.992. The minimum absolute atomic E-state index is 0.0759. The summed E-state index contributed by atoms with van der Waals surface area (Å²) >= 11 is 1.65. The molecule has 23 heavy (non-hydrogen) atoms. The first kappa shape index (κ1) is 14.6. The maximum Gasteiger partial charge on any atom is 0.186 e. The zero-order valence-corrected chi connectivity index (χ0v) is 14.5. The molecule has 1 fully saturated rings. The Morgan fingerprint density at radius 2 is 2.13 bits per heavy atom. The highest BCUT2D eigenvalue weighted by Crippen LogP contribution is 2.33. The summed E-state index contributed by atoms with van der Waals surface area (Å²) in [6, 6.07) is 0.623. The van der Waals surface area contributed by atoms with E-state index in [-0.39, 0.29) is 6.04 Å². The van der Waals surface area contributed by atoms with Crippen molar-refractivity contribution in [1.29, 1.82) is 0 Å². The third-order valence-corrected chi connectivity index (χ3v) is 5.68. The molecule has 0 aliphatic heterocycles. The SMILES string of the molecule is Cc1nn(C)c2nc(NC(C)c3nncn3C3CCCC3)sc12. The zero-order valence-electron chi connectivity index (χ0n) is 13.7. The molecule has 1 unspecified atom stereocenters. The number of thiazole rings is 1. The van der Waals surface area contributed by atoms with Gasteiger partial charge in [0.2, 0.25) is 0 Å². The first-order valence-corrected chi connectivity index (χ1v) is 8.91. The van der Waals surface area contributed by atoms with Gasteiger partial charge in [-0.2, -0.15) is 5.10 Å². The third-order valence-electron chi connectivity index (χ3n) is 4.59. The number of aryl methyl sites for hydroxylation is 2. The minimum atomic E-state index is 0.0759. The Labute approximate surface area is 138 Å². The largest absolute Gasteiger partial charge is 0.352 e. The zero-order chi connectivity index (χ0) is 16.0. The molecule has 0 spiro atoms. The van der Waals surface area contributed by atoms with Crippen LogP contribution in [0.2, 0.25) is 0 Å². The van der Waals surface area contributed by atoms with Gasteiger partial charge in [-0.25, -0.2) is 9.67 Å². The number of rotatable bonds is 4. The molecule has 0 amide bonds. The molecule has 0 radical (unpaired) electrons. The van der Waals surface area contributed by atoms with Crippen LogP contribution in [0.1, 0.15) is 56.2 Å². The van der Waals surface area contributed by atoms with Crippen LogP contribution < -0.4 is 5.32 Å². The highest BCUT2D eigenvalue weighted by atomic mass is 32.1. The van der Waals surface area contributed by atoms with Crippen LogP contribution in [0, 0.1) is 6.92 Å². The Morgan fingerprint density at radius 3 is 2.87 bits per heavy atom. The second kappa shape index (κ2) is 5.59. The summed E-state index contributed by atoms with van der Waals surface area (Å²) in [6.07, 6.45) is 6.92. The lowest BCUT2D eigenvalue weighted by atomic mass is 10.2. The van der Waals surface area contributed by atoms with Gasteiger partial charge >= 0.3 is 0 Å². The highest BCUT2D eigenvalue weighted by molar-refractivity contribution is 7.22. The average Bonchev–Trinajstić information content (AvgIpc) is 3.26. The van der Waals surface area contributed by atoms with E-state index in [2.05, 4.69) is 37.1 Å². The second-order valence-electron chi connectivity index (χ2n) is 6.28. The van der Waals surface area contributed by atoms with Crippen LogP contribution >= 0.6 is 11.3 Å². The monoisotopic (exact) mass is 331 g/mol. The lowest BCUT2D eigenvalue weighted by molar-refractivity contribution is 0.488. The van der Waals surface area contributed by atoms with Crippen molar-refractivity contribution in [2.24, 2.45) is 7.05 Å². The number of nitrogens with zero attached hydrogens (tertiary/aromatic N) is 6. The van der Waals surface area contributed by atoms with Crippen LogP contribution in [0.3, 0.4) is 0 Å². The summed E-state index contributed by atoms with van der Waals surface area (Å²) in [5.41, 5.74) is 1.95. The van der Waals surface area contributed by atoms with Gasteiger partial charge in [-0.05, 0) is 26.7 Å². The predicted molar refractivity (Wildman–Crippen MR) is 90.7 cm³/mol. The molecule has 1 aliphatic carbocycles. The lowest BCUT2D eigenvalue weighted by Gasteiger charge is -2.18. The van der Waals surface area contributed by atoms with Gasteiger partial charge in [-0.3, -0.25) is 0 Å². The van der Waals surface area contributed by atoms with Crippen molar-refractivity contribution in [2.75, 3.05) is 5.32 Å². The number of hydrogen-bond acceptors (Lipinski definition) is 6. The van der Waals surface area contributed by atoms with Crippen molar-refractivity contribution in [1.82, 2.24) is 29.5 Å². The van der Waals surface area contributed by atoms with Gasteiger partial charge in [0.05, 0.1) is 16.4 Å². The molecule has 1 saturated carbocycles. The van der Waals surface area contributed by atoms with Crippen LogP contribution in [0.25, 0.3) is 10.3 Å². The first-order chi connectivity index (χ1) is 11.1. The Kier molecular flexibility index (Phi) is 3.56. The summed E-state index contributed by atoms with van der Waals surface area (Å²) in [6.45, 7) is 4.14. The molecule has 1 atom stereocenters. The van der Waals surface area contributed by atoms with Gasteiger partial charge in [0, 0.05) is 13.1 Å². The number of nitrogens with one attached hydrogen (secondary N) is 1. The lowest BCUT2D eigenvalue weighted by Crippen LogP contribution is -2.16. The summed E-state index contributed by atoms with van der Waals surface area (Å²) in [4.78, 5) is 4.66. The fourth-order valence-corrected chi connectivity index (χ4v) is 4.44. The van der Waals surface area contributed by atoms with E-state index < -0.39 is 0 Å². The van der Waals surface area contributed by atoms with Crippen molar-refractivity contribution in [3.63, 3.8) is 0 Å². The van der Waals surface area contributed by atoms with E-state index in [4.69, 9.17) is 0 Å². The van der Waals surface area contributed by atoms with Gasteiger partial charge in [0.15, 0.2) is 16.6 Å². The van der Waals surface area contributed by atoms with E-state index in [9.17, 15) is 0 Å². The molecular weight excluding hydrogens is 310 g/mol. The molecule has 0 aromatic carbocycles. The van der Waals surface area contributed by atoms with Crippen LogP contribution in [-0.2, 0) is 7.05 Å². The fraction of sp³-hybridized carbons (Fsp3) is 0.600. The molecule has 3 aromatic rings. The molecule has 4 rings (SSSR count). The summed E-state index contributed by atoms with van der Waals surface area (Å²) in [5, 5.41) is 17.3. The molecule has 0 bridgehead atoms. The number of fused-ring (bicyclic) bond motifs is 1. The molecule has 3 aromatic heterocycles. The molecular formula is C15H21N7S. The van der Waals surface area contributed by atoms with E-state index in [1.54, 1.807) is 11.3 Å². The van der Waals surface area contributed by atoms with Crippen molar-refractivity contribution < 1.29 is 0 Å². The highest BCUT2D eigenvalue weighted by Gasteiger charge is 2.23. The quantitative estimate of drug-likeness (QED) is 0.794. The van der Waals surface area contributed by atoms with E-state index in [0.29, 0.717) is 6.04 Å². The normalized spacial score (nSPS) is 17.2. The van der Waals surface area contributed by atoms with Gasteiger partial charge < -0.3 is 9.88 Å². The van der Waals surface area contributed by atoms with Crippen LogP contribution in [0.4, 0.5) is 5.13 Å². The molecule has 122 valence electrons.